The first kappa shape index (κ1) is 17.1. The summed E-state index contributed by atoms with van der Waals surface area (Å²) in [4.78, 5) is 2.49. The van der Waals surface area contributed by atoms with Gasteiger partial charge in [-0.15, -0.1) is 0 Å². The van der Waals surface area contributed by atoms with Crippen LogP contribution in [-0.4, -0.2) is 11.4 Å². The molecule has 0 radical (unpaired) electrons. The molecule has 142 valence electrons. The average molecular weight is 398 g/mol. The van der Waals surface area contributed by atoms with Gasteiger partial charge in [0.25, 0.3) is 0 Å². The Bertz CT molecular complexity index is 1230. The molecule has 0 aliphatic carbocycles. The maximum absolute atomic E-state index is 6.65. The largest absolute Gasteiger partial charge is 0.470 e. The highest BCUT2D eigenvalue weighted by Gasteiger charge is 2.41. The molecular formula is C26H20ClNO. The van der Waals surface area contributed by atoms with Crippen LogP contribution in [0.2, 0.25) is 5.02 Å². The zero-order chi connectivity index (χ0) is 19.4. The fourth-order valence-corrected chi connectivity index (χ4v) is 5.12. The Balaban J connectivity index is 1.63. The van der Waals surface area contributed by atoms with Crippen molar-refractivity contribution in [2.75, 3.05) is 6.54 Å². The lowest BCUT2D eigenvalue weighted by molar-refractivity contribution is -0.0260. The maximum Gasteiger partial charge on any atom is 0.180 e. The maximum atomic E-state index is 6.65. The van der Waals surface area contributed by atoms with Crippen LogP contribution in [0.5, 0.6) is 5.75 Å². The summed E-state index contributed by atoms with van der Waals surface area (Å²) in [6.07, 6.45) is 0.935. The molecule has 2 nitrogen and oxygen atoms in total. The van der Waals surface area contributed by atoms with Crippen LogP contribution in [0.4, 0.5) is 0 Å². The third-order valence-corrected chi connectivity index (χ3v) is 6.44. The third-order valence-electron chi connectivity index (χ3n) is 6.20. The van der Waals surface area contributed by atoms with Gasteiger partial charge in [0.2, 0.25) is 0 Å². The topological polar surface area (TPSA) is 12.5 Å². The molecule has 4 aromatic carbocycles. The SMILES string of the molecule is Clc1cccc(C2c3c(ccc4ccccc34)OC3c4ccccc4CCN32)c1. The zero-order valence-corrected chi connectivity index (χ0v) is 16.6. The number of hydrogen-bond donors (Lipinski definition) is 0. The Hall–Kier alpha value is -2.81. The Labute approximate surface area is 175 Å². The summed E-state index contributed by atoms with van der Waals surface area (Å²) < 4.78 is 6.65. The molecule has 0 N–H and O–H groups in total. The van der Waals surface area contributed by atoms with Gasteiger partial charge in [-0.25, -0.2) is 0 Å². The Morgan fingerprint density at radius 2 is 1.72 bits per heavy atom. The van der Waals surface area contributed by atoms with E-state index in [0.717, 1.165) is 23.7 Å². The van der Waals surface area contributed by atoms with Gasteiger partial charge in [-0.2, -0.15) is 0 Å². The lowest BCUT2D eigenvalue weighted by Gasteiger charge is -2.46. The molecule has 0 amide bonds. The van der Waals surface area contributed by atoms with Crippen molar-refractivity contribution >= 4 is 22.4 Å². The van der Waals surface area contributed by atoms with Gasteiger partial charge in [-0.05, 0) is 46.5 Å². The molecule has 2 heterocycles. The first-order valence-electron chi connectivity index (χ1n) is 10.1. The van der Waals surface area contributed by atoms with Crippen LogP contribution < -0.4 is 4.74 Å². The molecule has 4 aromatic rings. The number of rotatable bonds is 1. The highest BCUT2D eigenvalue weighted by atomic mass is 35.5. The van der Waals surface area contributed by atoms with E-state index in [4.69, 9.17) is 16.3 Å². The van der Waals surface area contributed by atoms with Crippen LogP contribution in [0.15, 0.2) is 84.9 Å². The summed E-state index contributed by atoms with van der Waals surface area (Å²) in [5.74, 6) is 0.964. The number of nitrogens with zero attached hydrogens (tertiary/aromatic N) is 1. The Kier molecular flexibility index (Phi) is 3.90. The van der Waals surface area contributed by atoms with E-state index in [1.807, 2.05) is 12.1 Å². The Morgan fingerprint density at radius 1 is 0.862 bits per heavy atom. The zero-order valence-electron chi connectivity index (χ0n) is 15.9. The van der Waals surface area contributed by atoms with Crippen molar-refractivity contribution in [2.24, 2.45) is 0 Å². The molecule has 6 rings (SSSR count). The standard InChI is InChI=1S/C26H20ClNO/c27-20-9-5-8-19(16-20)25-24-21-10-3-1-6-17(21)12-13-23(24)29-26-22-11-4-2-7-18(22)14-15-28(25)26/h1-13,16,25-26H,14-15H2. The van der Waals surface area contributed by atoms with Gasteiger partial charge >= 0.3 is 0 Å². The van der Waals surface area contributed by atoms with Gasteiger partial charge in [0, 0.05) is 22.7 Å². The highest BCUT2D eigenvalue weighted by molar-refractivity contribution is 6.30. The molecule has 0 saturated heterocycles. The van der Waals surface area contributed by atoms with Crippen molar-refractivity contribution in [1.82, 2.24) is 4.90 Å². The molecule has 0 bridgehead atoms. The first-order valence-corrected chi connectivity index (χ1v) is 10.4. The predicted molar refractivity (Wildman–Crippen MR) is 117 cm³/mol. The van der Waals surface area contributed by atoms with Crippen molar-refractivity contribution in [3.63, 3.8) is 0 Å². The van der Waals surface area contributed by atoms with Crippen molar-refractivity contribution in [1.29, 1.82) is 0 Å². The highest BCUT2D eigenvalue weighted by Crippen LogP contribution is 2.50. The molecule has 0 spiro atoms. The predicted octanol–water partition coefficient (Wildman–Crippen LogP) is 6.53. The van der Waals surface area contributed by atoms with Gasteiger partial charge in [0.05, 0.1) is 6.04 Å². The van der Waals surface area contributed by atoms with E-state index < -0.39 is 0 Å². The van der Waals surface area contributed by atoms with Crippen LogP contribution in [0.1, 0.15) is 34.5 Å². The fraction of sp³-hybridized carbons (Fsp3) is 0.154. The summed E-state index contributed by atoms with van der Waals surface area (Å²) >= 11 is 6.42. The molecule has 2 aliphatic rings. The van der Waals surface area contributed by atoms with Crippen molar-refractivity contribution < 1.29 is 4.74 Å². The van der Waals surface area contributed by atoms with Gasteiger partial charge in [0.15, 0.2) is 6.23 Å². The van der Waals surface area contributed by atoms with E-state index in [1.54, 1.807) is 0 Å². The van der Waals surface area contributed by atoms with Gasteiger partial charge < -0.3 is 4.74 Å². The van der Waals surface area contributed by atoms with Crippen molar-refractivity contribution in [3.8, 4) is 5.75 Å². The minimum absolute atomic E-state index is 0.0856. The van der Waals surface area contributed by atoms with Crippen LogP contribution in [0, 0.1) is 0 Å². The van der Waals surface area contributed by atoms with Crippen LogP contribution in [-0.2, 0) is 6.42 Å². The molecule has 29 heavy (non-hydrogen) atoms. The summed E-state index contributed by atoms with van der Waals surface area (Å²) in [6.45, 7) is 0.946. The van der Waals surface area contributed by atoms with Gasteiger partial charge in [0.1, 0.15) is 5.75 Å². The van der Waals surface area contributed by atoms with Crippen molar-refractivity contribution in [2.45, 2.75) is 18.7 Å². The molecule has 2 atom stereocenters. The fourth-order valence-electron chi connectivity index (χ4n) is 4.93. The molecule has 0 fully saturated rings. The lowest BCUT2D eigenvalue weighted by atomic mass is 9.87. The second kappa shape index (κ2) is 6.62. The number of halogens is 1. The summed E-state index contributed by atoms with van der Waals surface area (Å²) in [6, 6.07) is 29.9. The number of benzene rings is 4. The van der Waals surface area contributed by atoms with E-state index in [1.165, 1.54) is 33.0 Å². The van der Waals surface area contributed by atoms with E-state index >= 15 is 0 Å². The number of hydrogen-bond acceptors (Lipinski definition) is 2. The Morgan fingerprint density at radius 3 is 2.66 bits per heavy atom. The van der Waals surface area contributed by atoms with Gasteiger partial charge in [-0.3, -0.25) is 4.90 Å². The number of ether oxygens (including phenoxy) is 1. The lowest BCUT2D eigenvalue weighted by Crippen LogP contribution is -2.44. The van der Waals surface area contributed by atoms with E-state index in [9.17, 15) is 0 Å². The third kappa shape index (κ3) is 2.67. The minimum atomic E-state index is -0.0856. The molecule has 0 aromatic heterocycles. The smallest absolute Gasteiger partial charge is 0.180 e. The monoisotopic (exact) mass is 397 g/mol. The average Bonchev–Trinajstić information content (AvgIpc) is 2.77. The molecular weight excluding hydrogens is 378 g/mol. The number of fused-ring (bicyclic) bond motifs is 6. The second-order valence-corrected chi connectivity index (χ2v) is 8.25. The van der Waals surface area contributed by atoms with Crippen LogP contribution in [0.3, 0.4) is 0 Å². The minimum Gasteiger partial charge on any atom is -0.470 e. The molecule has 2 aliphatic heterocycles. The van der Waals surface area contributed by atoms with Gasteiger partial charge in [-0.1, -0.05) is 78.3 Å². The molecule has 2 unspecified atom stereocenters. The molecule has 3 heteroatoms. The normalized spacial score (nSPS) is 20.4. The van der Waals surface area contributed by atoms with E-state index in [-0.39, 0.29) is 12.3 Å². The van der Waals surface area contributed by atoms with Crippen molar-refractivity contribution in [3.05, 3.63) is 112 Å². The van der Waals surface area contributed by atoms with E-state index in [0.29, 0.717) is 0 Å². The van der Waals surface area contributed by atoms with Crippen LogP contribution in [0.25, 0.3) is 10.8 Å². The molecule has 0 saturated carbocycles. The summed E-state index contributed by atoms with van der Waals surface area (Å²) in [7, 11) is 0. The quantitative estimate of drug-likeness (QED) is 0.362. The van der Waals surface area contributed by atoms with E-state index in [2.05, 4.69) is 77.7 Å². The van der Waals surface area contributed by atoms with Crippen LogP contribution >= 0.6 is 11.6 Å². The first-order chi connectivity index (χ1) is 14.3. The summed E-state index contributed by atoms with van der Waals surface area (Å²) in [5, 5.41) is 3.25. The second-order valence-electron chi connectivity index (χ2n) is 7.81. The summed E-state index contributed by atoms with van der Waals surface area (Å²) in [5.41, 5.74) is 5.09.